The number of quaternary nitrogens is 1. The van der Waals surface area contributed by atoms with Gasteiger partial charge >= 0.3 is 11.9 Å². The fourth-order valence-electron chi connectivity index (χ4n) is 6.80. The van der Waals surface area contributed by atoms with Gasteiger partial charge in [-0.15, -0.1) is 0 Å². The van der Waals surface area contributed by atoms with E-state index in [4.69, 9.17) is 14.0 Å². The highest BCUT2D eigenvalue weighted by molar-refractivity contribution is 7.51. The Morgan fingerprint density at radius 3 is 1.33 bits per heavy atom. The fraction of sp³-hybridized carbons (Fsp3) is 0.870. The molecule has 0 saturated heterocycles. The van der Waals surface area contributed by atoms with Gasteiger partial charge in [0.15, 0.2) is 19.5 Å². The molecule has 0 aliphatic rings. The van der Waals surface area contributed by atoms with E-state index in [9.17, 15) is 19.0 Å². The molecule has 0 rings (SSSR count). The standard InChI is InChI=1S/C46H88NO7P/c1-7-10-12-14-16-18-20-22-24-26-28-30-32-34-36-39-45(48)52-41-43(42-53-55(50,51)44(38-9-3)47(4,5)6)54-46(49)40-37-35-33-31-29-27-25-23-21-19-17-15-13-11-8-2/h22-25,43-44H,7-21,26-42H2,1-6H3/b24-22-,25-23-/t43-,44?/m1/s1. The maximum absolute atomic E-state index is 13.2. The first-order valence-electron chi connectivity index (χ1n) is 22.9. The fourth-order valence-corrected chi connectivity index (χ4v) is 8.77. The van der Waals surface area contributed by atoms with Crippen molar-refractivity contribution in [3.8, 4) is 0 Å². The molecule has 0 fully saturated rings. The molecule has 0 radical (unpaired) electrons. The number of carbonyl (C=O) groups is 2. The molecule has 0 aliphatic heterocycles. The molecule has 0 aromatic carbocycles. The van der Waals surface area contributed by atoms with Gasteiger partial charge in [0, 0.05) is 19.3 Å². The lowest BCUT2D eigenvalue weighted by atomic mass is 10.1. The van der Waals surface area contributed by atoms with E-state index in [2.05, 4.69) is 38.2 Å². The van der Waals surface area contributed by atoms with E-state index in [0.717, 1.165) is 70.6 Å². The molecule has 0 N–H and O–H groups in total. The Morgan fingerprint density at radius 1 is 0.545 bits per heavy atom. The van der Waals surface area contributed by atoms with Gasteiger partial charge in [0.05, 0.1) is 27.7 Å². The quantitative estimate of drug-likeness (QED) is 0.0200. The van der Waals surface area contributed by atoms with Crippen molar-refractivity contribution in [3.63, 3.8) is 0 Å². The minimum absolute atomic E-state index is 0.208. The van der Waals surface area contributed by atoms with Crippen molar-refractivity contribution in [3.05, 3.63) is 24.3 Å². The van der Waals surface area contributed by atoms with Gasteiger partial charge in [-0.1, -0.05) is 148 Å². The molecule has 0 heterocycles. The van der Waals surface area contributed by atoms with Crippen LogP contribution in [0.2, 0.25) is 0 Å². The Bertz CT molecular complexity index is 1010. The molecule has 324 valence electrons. The molecule has 0 spiro atoms. The van der Waals surface area contributed by atoms with E-state index in [1.807, 2.05) is 28.1 Å². The monoisotopic (exact) mass is 798 g/mol. The Kier molecular flexibility index (Phi) is 35.9. The van der Waals surface area contributed by atoms with Crippen LogP contribution in [0.15, 0.2) is 24.3 Å². The van der Waals surface area contributed by atoms with Gasteiger partial charge in [0.25, 0.3) is 0 Å². The van der Waals surface area contributed by atoms with E-state index >= 15 is 0 Å². The number of hydrogen-bond donors (Lipinski definition) is 0. The number of hydrogen-bond acceptors (Lipinski definition) is 7. The maximum Gasteiger partial charge on any atom is 0.306 e. The Labute approximate surface area is 340 Å². The molecule has 0 saturated carbocycles. The number of allylic oxidation sites excluding steroid dienone is 4. The number of unbranched alkanes of at least 4 members (excludes halogenated alkanes) is 22. The second kappa shape index (κ2) is 36.8. The molecular weight excluding hydrogens is 709 g/mol. The van der Waals surface area contributed by atoms with Crippen LogP contribution in [-0.2, 0) is 28.2 Å². The molecule has 0 amide bonds. The molecule has 2 unspecified atom stereocenters. The first-order valence-corrected chi connectivity index (χ1v) is 24.5. The second-order valence-corrected chi connectivity index (χ2v) is 18.6. The number of nitrogens with zero attached hydrogens (tertiary/aromatic N) is 1. The van der Waals surface area contributed by atoms with Gasteiger partial charge in [0.2, 0.25) is 0 Å². The van der Waals surface area contributed by atoms with Crippen molar-refractivity contribution in [1.82, 2.24) is 0 Å². The van der Waals surface area contributed by atoms with E-state index < -0.39 is 25.5 Å². The SMILES string of the molecule is CCCCCCCC/C=C\CCCCCCCC(=O)OC[C@H](COP(=O)([O-])C(CCC)[N+](C)(C)C)OC(=O)CCCCCCC/C=C\CCCCCCCC. The highest BCUT2D eigenvalue weighted by Crippen LogP contribution is 2.48. The van der Waals surface area contributed by atoms with Crippen LogP contribution in [0.25, 0.3) is 0 Å². The van der Waals surface area contributed by atoms with E-state index in [0.29, 0.717) is 19.3 Å². The second-order valence-electron chi connectivity index (χ2n) is 16.7. The van der Waals surface area contributed by atoms with Crippen LogP contribution in [0.5, 0.6) is 0 Å². The van der Waals surface area contributed by atoms with Crippen molar-refractivity contribution < 1.29 is 37.5 Å². The molecular formula is C46H88NO7P. The van der Waals surface area contributed by atoms with Gasteiger partial charge in [-0.2, -0.15) is 0 Å². The molecule has 8 nitrogen and oxygen atoms in total. The zero-order valence-electron chi connectivity index (χ0n) is 36.8. The summed E-state index contributed by atoms with van der Waals surface area (Å²) in [6, 6.07) is 0. The highest BCUT2D eigenvalue weighted by atomic mass is 31.2. The first-order chi connectivity index (χ1) is 26.5. The minimum Gasteiger partial charge on any atom is -0.774 e. The summed E-state index contributed by atoms with van der Waals surface area (Å²) in [7, 11) is 1.19. The van der Waals surface area contributed by atoms with Crippen molar-refractivity contribution in [1.29, 1.82) is 0 Å². The number of esters is 2. The molecule has 0 bridgehead atoms. The first kappa shape index (κ1) is 53.5. The summed E-state index contributed by atoms with van der Waals surface area (Å²) in [5, 5.41) is 0. The molecule has 9 heteroatoms. The summed E-state index contributed by atoms with van der Waals surface area (Å²) in [5.41, 5.74) is 0. The zero-order valence-corrected chi connectivity index (χ0v) is 37.7. The summed E-state index contributed by atoms with van der Waals surface area (Å²) in [6.45, 7) is 5.87. The number of carbonyl (C=O) groups excluding carboxylic acids is 2. The predicted molar refractivity (Wildman–Crippen MR) is 230 cm³/mol. The molecule has 3 atom stereocenters. The Hall–Kier alpha value is -1.47. The van der Waals surface area contributed by atoms with Crippen LogP contribution in [0.4, 0.5) is 0 Å². The topological polar surface area (TPSA) is 102 Å². The van der Waals surface area contributed by atoms with Crippen molar-refractivity contribution in [2.24, 2.45) is 0 Å². The van der Waals surface area contributed by atoms with Gasteiger partial charge in [-0.3, -0.25) is 9.59 Å². The maximum atomic E-state index is 13.2. The molecule has 55 heavy (non-hydrogen) atoms. The van der Waals surface area contributed by atoms with Gasteiger partial charge in [-0.25, -0.2) is 0 Å². The van der Waals surface area contributed by atoms with Gasteiger partial charge < -0.3 is 27.9 Å². The normalized spacial score (nSPS) is 14.4. The number of ether oxygens (including phenoxy) is 2. The third-order valence-electron chi connectivity index (χ3n) is 10.3. The average Bonchev–Trinajstić information content (AvgIpc) is 3.14. The largest absolute Gasteiger partial charge is 0.774 e. The lowest BCUT2D eigenvalue weighted by Gasteiger charge is -2.41. The van der Waals surface area contributed by atoms with E-state index in [-0.39, 0.29) is 36.5 Å². The summed E-state index contributed by atoms with van der Waals surface area (Å²) in [6.07, 6.45) is 40.6. The lowest BCUT2D eigenvalue weighted by Crippen LogP contribution is -2.47. The molecule has 0 aromatic rings. The van der Waals surface area contributed by atoms with Crippen LogP contribution < -0.4 is 4.89 Å². The number of rotatable bonds is 40. The summed E-state index contributed by atoms with van der Waals surface area (Å²) in [4.78, 5) is 38.6. The van der Waals surface area contributed by atoms with E-state index in [1.165, 1.54) is 89.9 Å². The summed E-state index contributed by atoms with van der Waals surface area (Å²) >= 11 is 0. The summed E-state index contributed by atoms with van der Waals surface area (Å²) < 4.78 is 30.1. The molecule has 0 aromatic heterocycles. The lowest BCUT2D eigenvalue weighted by molar-refractivity contribution is -0.884. The average molecular weight is 798 g/mol. The Balaban J connectivity index is 4.55. The van der Waals surface area contributed by atoms with Crippen molar-refractivity contribution in [2.45, 2.75) is 225 Å². The van der Waals surface area contributed by atoms with Crippen molar-refractivity contribution in [2.75, 3.05) is 34.4 Å². The van der Waals surface area contributed by atoms with Crippen molar-refractivity contribution >= 4 is 19.5 Å². The summed E-state index contributed by atoms with van der Waals surface area (Å²) in [5.74, 6) is -1.51. The highest BCUT2D eigenvalue weighted by Gasteiger charge is 2.35. The molecule has 0 aliphatic carbocycles. The Morgan fingerprint density at radius 2 is 0.927 bits per heavy atom. The third-order valence-corrected chi connectivity index (χ3v) is 12.5. The van der Waals surface area contributed by atoms with Gasteiger partial charge in [0.1, 0.15) is 6.61 Å². The van der Waals surface area contributed by atoms with Crippen LogP contribution >= 0.6 is 7.60 Å². The van der Waals surface area contributed by atoms with Crippen LogP contribution in [0.3, 0.4) is 0 Å². The predicted octanol–water partition coefficient (Wildman–Crippen LogP) is 12.9. The van der Waals surface area contributed by atoms with Crippen LogP contribution in [0.1, 0.15) is 213 Å². The smallest absolute Gasteiger partial charge is 0.306 e. The zero-order chi connectivity index (χ0) is 40.9. The van der Waals surface area contributed by atoms with E-state index in [1.54, 1.807) is 0 Å². The van der Waals surface area contributed by atoms with Gasteiger partial charge in [-0.05, 0) is 70.6 Å². The van der Waals surface area contributed by atoms with Crippen LogP contribution in [0, 0.1) is 0 Å². The minimum atomic E-state index is -4.30. The van der Waals surface area contributed by atoms with Crippen LogP contribution in [-0.4, -0.2) is 62.7 Å². The third kappa shape index (κ3) is 34.3.